The molecule has 0 aromatic carbocycles. The minimum atomic E-state index is -0.612. The van der Waals surface area contributed by atoms with E-state index in [1.54, 1.807) is 0 Å². The van der Waals surface area contributed by atoms with Gasteiger partial charge >= 0.3 is 0 Å². The van der Waals surface area contributed by atoms with E-state index in [0.29, 0.717) is 18.9 Å². The van der Waals surface area contributed by atoms with Crippen LogP contribution in [0, 0.1) is 5.92 Å². The van der Waals surface area contributed by atoms with E-state index in [2.05, 4.69) is 13.8 Å². The molecule has 1 aliphatic heterocycles. The smallest absolute Gasteiger partial charge is 0.154 e. The van der Waals surface area contributed by atoms with Gasteiger partial charge in [0.2, 0.25) is 0 Å². The van der Waals surface area contributed by atoms with Crippen LogP contribution in [0.3, 0.4) is 0 Å². The molecule has 1 rings (SSSR count). The van der Waals surface area contributed by atoms with Gasteiger partial charge in [-0.1, -0.05) is 13.8 Å². The molecular weight excluding hydrogens is 144 g/mol. The number of epoxide rings is 1. The highest BCUT2D eigenvalue weighted by molar-refractivity contribution is 4.67. The van der Waals surface area contributed by atoms with Gasteiger partial charge in [0.1, 0.15) is 6.10 Å². The third-order valence-corrected chi connectivity index (χ3v) is 1.55. The topological polar surface area (TPSA) is 42.0 Å². The normalized spacial score (nSPS) is 25.6. The van der Waals surface area contributed by atoms with Crippen LogP contribution in [0.5, 0.6) is 0 Å². The third-order valence-electron chi connectivity index (χ3n) is 1.55. The maximum absolute atomic E-state index is 9.22. The first-order chi connectivity index (χ1) is 5.18. The zero-order valence-corrected chi connectivity index (χ0v) is 7.12. The minimum absolute atomic E-state index is 0.247. The Morgan fingerprint density at radius 1 is 1.64 bits per heavy atom. The molecule has 3 nitrogen and oxygen atoms in total. The van der Waals surface area contributed by atoms with Crippen LogP contribution in [0.1, 0.15) is 20.3 Å². The fourth-order valence-corrected chi connectivity index (χ4v) is 0.854. The molecule has 11 heavy (non-hydrogen) atoms. The summed E-state index contributed by atoms with van der Waals surface area (Å²) >= 11 is 0. The molecule has 0 aliphatic carbocycles. The molecule has 1 N–H and O–H groups in total. The van der Waals surface area contributed by atoms with E-state index in [1.165, 1.54) is 0 Å². The van der Waals surface area contributed by atoms with Crippen molar-refractivity contribution < 1.29 is 14.6 Å². The molecule has 0 amide bonds. The van der Waals surface area contributed by atoms with E-state index in [-0.39, 0.29) is 6.10 Å². The molecule has 0 saturated carbocycles. The molecule has 0 spiro atoms. The second kappa shape index (κ2) is 4.04. The van der Waals surface area contributed by atoms with Gasteiger partial charge in [0.15, 0.2) is 6.29 Å². The SMILES string of the molecule is CC(C)CC(O)OCC1CO1. The summed E-state index contributed by atoms with van der Waals surface area (Å²) in [6, 6.07) is 0. The highest BCUT2D eigenvalue weighted by atomic mass is 16.6. The average Bonchev–Trinajstić information content (AvgIpc) is 2.63. The fraction of sp³-hybridized carbons (Fsp3) is 1.00. The largest absolute Gasteiger partial charge is 0.371 e. The lowest BCUT2D eigenvalue weighted by atomic mass is 10.1. The van der Waals surface area contributed by atoms with Crippen molar-refractivity contribution in [3.8, 4) is 0 Å². The van der Waals surface area contributed by atoms with Gasteiger partial charge in [0, 0.05) is 6.42 Å². The van der Waals surface area contributed by atoms with E-state index in [0.717, 1.165) is 6.61 Å². The van der Waals surface area contributed by atoms with E-state index in [1.807, 2.05) is 0 Å². The first-order valence-electron chi connectivity index (χ1n) is 4.09. The average molecular weight is 160 g/mol. The van der Waals surface area contributed by atoms with Crippen molar-refractivity contribution in [3.05, 3.63) is 0 Å². The number of hydrogen-bond acceptors (Lipinski definition) is 3. The molecule has 0 aromatic heterocycles. The monoisotopic (exact) mass is 160 g/mol. The van der Waals surface area contributed by atoms with Crippen LogP contribution in [0.25, 0.3) is 0 Å². The summed E-state index contributed by atoms with van der Waals surface area (Å²) in [5.41, 5.74) is 0. The lowest BCUT2D eigenvalue weighted by Crippen LogP contribution is -2.17. The Hall–Kier alpha value is -0.120. The Bertz CT molecular complexity index is 110. The van der Waals surface area contributed by atoms with Crippen LogP contribution in [0.15, 0.2) is 0 Å². The molecular formula is C8H16O3. The summed E-state index contributed by atoms with van der Waals surface area (Å²) in [4.78, 5) is 0. The van der Waals surface area contributed by atoms with Gasteiger partial charge in [-0.3, -0.25) is 0 Å². The van der Waals surface area contributed by atoms with E-state index in [9.17, 15) is 5.11 Å². The predicted octanol–water partition coefficient (Wildman–Crippen LogP) is 0.766. The van der Waals surface area contributed by atoms with Crippen molar-refractivity contribution in [1.82, 2.24) is 0 Å². The predicted molar refractivity (Wildman–Crippen MR) is 41.2 cm³/mol. The van der Waals surface area contributed by atoms with Gasteiger partial charge in [-0.15, -0.1) is 0 Å². The Morgan fingerprint density at radius 3 is 2.73 bits per heavy atom. The number of ether oxygens (including phenoxy) is 2. The third kappa shape index (κ3) is 4.35. The van der Waals surface area contributed by atoms with Crippen LogP contribution in [-0.2, 0) is 9.47 Å². The van der Waals surface area contributed by atoms with Gasteiger partial charge in [-0.05, 0) is 5.92 Å². The second-order valence-corrected chi connectivity index (χ2v) is 3.37. The van der Waals surface area contributed by atoms with Gasteiger partial charge in [0.05, 0.1) is 13.2 Å². The van der Waals surface area contributed by atoms with Gasteiger partial charge in [-0.25, -0.2) is 0 Å². The van der Waals surface area contributed by atoms with Crippen molar-refractivity contribution in [2.75, 3.05) is 13.2 Å². The van der Waals surface area contributed by atoms with Crippen molar-refractivity contribution in [3.63, 3.8) is 0 Å². The molecule has 1 heterocycles. The summed E-state index contributed by atoms with van der Waals surface area (Å²) in [6.07, 6.45) is 0.336. The molecule has 3 heteroatoms. The molecule has 1 aliphatic rings. The van der Waals surface area contributed by atoms with Crippen LogP contribution in [0.4, 0.5) is 0 Å². The van der Waals surface area contributed by atoms with Gasteiger partial charge in [0.25, 0.3) is 0 Å². The number of rotatable bonds is 5. The molecule has 1 saturated heterocycles. The Balaban J connectivity index is 1.95. The summed E-state index contributed by atoms with van der Waals surface area (Å²) in [5.74, 6) is 0.477. The van der Waals surface area contributed by atoms with Crippen LogP contribution in [-0.4, -0.2) is 30.7 Å². The second-order valence-electron chi connectivity index (χ2n) is 3.37. The molecule has 0 aromatic rings. The maximum atomic E-state index is 9.22. The summed E-state index contributed by atoms with van der Waals surface area (Å²) in [5, 5.41) is 9.22. The van der Waals surface area contributed by atoms with E-state index in [4.69, 9.17) is 9.47 Å². The van der Waals surface area contributed by atoms with Crippen molar-refractivity contribution in [2.24, 2.45) is 5.92 Å². The summed E-state index contributed by atoms with van der Waals surface area (Å²) < 4.78 is 10.0. The van der Waals surface area contributed by atoms with Gasteiger partial charge < -0.3 is 14.6 Å². The van der Waals surface area contributed by atoms with Crippen LogP contribution >= 0.6 is 0 Å². The first kappa shape index (κ1) is 8.97. The molecule has 1 fully saturated rings. The maximum Gasteiger partial charge on any atom is 0.154 e. The number of aliphatic hydroxyl groups excluding tert-OH is 1. The van der Waals surface area contributed by atoms with Gasteiger partial charge in [-0.2, -0.15) is 0 Å². The van der Waals surface area contributed by atoms with Crippen molar-refractivity contribution >= 4 is 0 Å². The molecule has 0 radical (unpaired) electrons. The minimum Gasteiger partial charge on any atom is -0.371 e. The van der Waals surface area contributed by atoms with Crippen molar-refractivity contribution in [1.29, 1.82) is 0 Å². The number of aliphatic hydroxyl groups is 1. The molecule has 0 bridgehead atoms. The lowest BCUT2D eigenvalue weighted by Gasteiger charge is -2.12. The molecule has 66 valence electrons. The molecule has 2 atom stereocenters. The zero-order chi connectivity index (χ0) is 8.27. The zero-order valence-electron chi connectivity index (χ0n) is 7.12. The number of hydrogen-bond donors (Lipinski definition) is 1. The Morgan fingerprint density at radius 2 is 2.27 bits per heavy atom. The Labute approximate surface area is 67.3 Å². The fourth-order valence-electron chi connectivity index (χ4n) is 0.854. The molecule has 2 unspecified atom stereocenters. The highest BCUT2D eigenvalue weighted by Gasteiger charge is 2.23. The Kier molecular flexibility index (Phi) is 3.30. The van der Waals surface area contributed by atoms with Crippen LogP contribution < -0.4 is 0 Å². The standard InChI is InChI=1S/C8H16O3/c1-6(2)3-8(9)11-5-7-4-10-7/h6-9H,3-5H2,1-2H3. The summed E-state index contributed by atoms with van der Waals surface area (Å²) in [6.45, 7) is 5.43. The summed E-state index contributed by atoms with van der Waals surface area (Å²) in [7, 11) is 0. The van der Waals surface area contributed by atoms with E-state index >= 15 is 0 Å². The van der Waals surface area contributed by atoms with Crippen molar-refractivity contribution in [2.45, 2.75) is 32.7 Å². The van der Waals surface area contributed by atoms with E-state index < -0.39 is 6.29 Å². The van der Waals surface area contributed by atoms with Crippen LogP contribution in [0.2, 0.25) is 0 Å². The first-order valence-corrected chi connectivity index (χ1v) is 4.09. The highest BCUT2D eigenvalue weighted by Crippen LogP contribution is 2.12. The lowest BCUT2D eigenvalue weighted by molar-refractivity contribution is -0.112. The quantitative estimate of drug-likeness (QED) is 0.477.